The summed E-state index contributed by atoms with van der Waals surface area (Å²) in [6, 6.07) is 0. The second-order valence-electron chi connectivity index (χ2n) is 2.98. The lowest BCUT2D eigenvalue weighted by Gasteiger charge is -2.05. The van der Waals surface area contributed by atoms with Gasteiger partial charge in [0.25, 0.3) is 0 Å². The third-order valence-corrected chi connectivity index (χ3v) is 2.89. The van der Waals surface area contributed by atoms with E-state index < -0.39 is 0 Å². The van der Waals surface area contributed by atoms with E-state index >= 15 is 0 Å². The minimum atomic E-state index is 0.888. The minimum Gasteiger partial charge on any atom is -0.286 e. The molecule has 0 radical (unpaired) electrons. The van der Waals surface area contributed by atoms with Gasteiger partial charge in [0.05, 0.1) is 9.26 Å². The lowest BCUT2D eigenvalue weighted by Crippen LogP contribution is -2.01. The van der Waals surface area contributed by atoms with E-state index in [9.17, 15) is 0 Å². The van der Waals surface area contributed by atoms with Crippen molar-refractivity contribution in [1.29, 1.82) is 0 Å². The lowest BCUT2D eigenvalue weighted by atomic mass is 10.4. The fraction of sp³-hybridized carbons (Fsp3) is 0.222. The van der Waals surface area contributed by atoms with Crippen molar-refractivity contribution >= 4 is 22.6 Å². The molecule has 4 nitrogen and oxygen atoms in total. The van der Waals surface area contributed by atoms with E-state index in [4.69, 9.17) is 0 Å². The summed E-state index contributed by atoms with van der Waals surface area (Å²) in [5, 5.41) is 0. The predicted octanol–water partition coefficient (Wildman–Crippen LogP) is 1.88. The number of nitrogens with zero attached hydrogens (tertiary/aromatic N) is 4. The molecule has 2 aromatic rings. The summed E-state index contributed by atoms with van der Waals surface area (Å²) in [4.78, 5) is 12.4. The van der Waals surface area contributed by atoms with Crippen LogP contribution in [-0.4, -0.2) is 19.5 Å². The zero-order valence-corrected chi connectivity index (χ0v) is 10.1. The van der Waals surface area contributed by atoms with Crippen LogP contribution in [0.25, 0.3) is 5.82 Å². The number of rotatable bonds is 1. The van der Waals surface area contributed by atoms with Gasteiger partial charge in [0.2, 0.25) is 0 Å². The highest BCUT2D eigenvalue weighted by Gasteiger charge is 2.08. The highest BCUT2D eigenvalue weighted by Crippen LogP contribution is 2.15. The average molecular weight is 300 g/mol. The molecule has 0 spiro atoms. The number of halogens is 1. The zero-order valence-electron chi connectivity index (χ0n) is 7.90. The van der Waals surface area contributed by atoms with Crippen LogP contribution in [0, 0.1) is 17.4 Å². The number of hydrogen-bond donors (Lipinski definition) is 0. The van der Waals surface area contributed by atoms with Crippen LogP contribution in [0.4, 0.5) is 0 Å². The van der Waals surface area contributed by atoms with Crippen molar-refractivity contribution in [3.63, 3.8) is 0 Å². The molecule has 0 fully saturated rings. The van der Waals surface area contributed by atoms with Gasteiger partial charge in [0.1, 0.15) is 12.7 Å². The first-order valence-corrected chi connectivity index (χ1v) is 5.24. The zero-order chi connectivity index (χ0) is 10.1. The molecule has 0 unspecified atom stereocenters. The van der Waals surface area contributed by atoms with Crippen LogP contribution in [0.15, 0.2) is 18.9 Å². The molecule has 0 aliphatic rings. The molecule has 0 aliphatic heterocycles. The number of imidazole rings is 1. The van der Waals surface area contributed by atoms with Crippen molar-refractivity contribution in [2.24, 2.45) is 0 Å². The molecule has 72 valence electrons. The van der Waals surface area contributed by atoms with Crippen LogP contribution in [0.1, 0.15) is 11.4 Å². The van der Waals surface area contributed by atoms with Crippen LogP contribution in [0.5, 0.6) is 0 Å². The first kappa shape index (κ1) is 9.57. The van der Waals surface area contributed by atoms with Crippen molar-refractivity contribution < 1.29 is 0 Å². The van der Waals surface area contributed by atoms with E-state index in [0.29, 0.717) is 0 Å². The van der Waals surface area contributed by atoms with Crippen LogP contribution in [0.3, 0.4) is 0 Å². The Morgan fingerprint density at radius 3 is 2.64 bits per heavy atom. The van der Waals surface area contributed by atoms with Crippen molar-refractivity contribution in [3.05, 3.63) is 33.8 Å². The van der Waals surface area contributed by atoms with Crippen molar-refractivity contribution in [2.75, 3.05) is 0 Å². The minimum absolute atomic E-state index is 0.888. The summed E-state index contributed by atoms with van der Waals surface area (Å²) in [7, 11) is 0. The Hall–Kier alpha value is -0.980. The van der Waals surface area contributed by atoms with Gasteiger partial charge < -0.3 is 0 Å². The Morgan fingerprint density at radius 1 is 1.29 bits per heavy atom. The first-order chi connectivity index (χ1) is 6.70. The van der Waals surface area contributed by atoms with Crippen molar-refractivity contribution in [3.8, 4) is 5.82 Å². The molecular formula is C9H9IN4. The topological polar surface area (TPSA) is 43.6 Å². The molecule has 0 atom stereocenters. The summed E-state index contributed by atoms with van der Waals surface area (Å²) in [6.07, 6.45) is 5.12. The smallest absolute Gasteiger partial charge is 0.154 e. The molecule has 0 aliphatic carbocycles. The van der Waals surface area contributed by atoms with E-state index in [0.717, 1.165) is 20.8 Å². The van der Waals surface area contributed by atoms with E-state index in [1.165, 1.54) is 0 Å². The average Bonchev–Trinajstić information content (AvgIpc) is 2.49. The van der Waals surface area contributed by atoms with Crippen LogP contribution in [-0.2, 0) is 0 Å². The molecule has 0 N–H and O–H groups in total. The highest BCUT2D eigenvalue weighted by molar-refractivity contribution is 14.1. The van der Waals surface area contributed by atoms with E-state index in [-0.39, 0.29) is 0 Å². The molecule has 0 saturated heterocycles. The van der Waals surface area contributed by atoms with Crippen LogP contribution in [0.2, 0.25) is 0 Å². The summed E-state index contributed by atoms with van der Waals surface area (Å²) in [5.74, 6) is 0.888. The van der Waals surface area contributed by atoms with Gasteiger partial charge in [-0.1, -0.05) is 0 Å². The predicted molar refractivity (Wildman–Crippen MR) is 61.3 cm³/mol. The van der Waals surface area contributed by atoms with Gasteiger partial charge in [-0.25, -0.2) is 15.0 Å². The Kier molecular flexibility index (Phi) is 2.49. The molecule has 0 saturated carbocycles. The van der Waals surface area contributed by atoms with Gasteiger partial charge >= 0.3 is 0 Å². The summed E-state index contributed by atoms with van der Waals surface area (Å²) in [5.41, 5.74) is 2.14. The maximum Gasteiger partial charge on any atom is 0.154 e. The maximum absolute atomic E-state index is 4.23. The third kappa shape index (κ3) is 1.52. The molecule has 5 heteroatoms. The quantitative estimate of drug-likeness (QED) is 0.755. The fourth-order valence-corrected chi connectivity index (χ4v) is 1.76. The Balaban J connectivity index is 2.60. The second-order valence-corrected chi connectivity index (χ2v) is 4.14. The van der Waals surface area contributed by atoms with E-state index in [1.807, 2.05) is 18.4 Å². The Bertz CT molecular complexity index is 464. The van der Waals surface area contributed by atoms with Gasteiger partial charge in [-0.05, 0) is 36.4 Å². The van der Waals surface area contributed by atoms with Gasteiger partial charge in [-0.3, -0.25) is 4.57 Å². The van der Waals surface area contributed by atoms with Crippen LogP contribution >= 0.6 is 22.6 Å². The largest absolute Gasteiger partial charge is 0.286 e. The Morgan fingerprint density at radius 2 is 2.07 bits per heavy atom. The second kappa shape index (κ2) is 3.64. The molecule has 2 aromatic heterocycles. The molecular weight excluding hydrogens is 291 g/mol. The monoisotopic (exact) mass is 300 g/mol. The fourth-order valence-electron chi connectivity index (χ4n) is 1.20. The molecule has 0 aromatic carbocycles. The molecule has 14 heavy (non-hydrogen) atoms. The summed E-state index contributed by atoms with van der Waals surface area (Å²) >= 11 is 2.22. The number of aromatic nitrogens is 4. The third-order valence-electron chi connectivity index (χ3n) is 2.13. The Labute approximate surface area is 95.6 Å². The van der Waals surface area contributed by atoms with E-state index in [1.54, 1.807) is 18.9 Å². The standard InChI is InChI=1S/C9H9IN4/c1-6-7(2)14(5-13-6)9-8(10)3-11-4-12-9/h3-5H,1-2H3. The van der Waals surface area contributed by atoms with Crippen molar-refractivity contribution in [2.45, 2.75) is 13.8 Å². The van der Waals surface area contributed by atoms with Gasteiger partial charge in [0, 0.05) is 11.9 Å². The number of aryl methyl sites for hydroxylation is 1. The van der Waals surface area contributed by atoms with Gasteiger partial charge in [-0.2, -0.15) is 0 Å². The lowest BCUT2D eigenvalue weighted by molar-refractivity contribution is 0.924. The highest BCUT2D eigenvalue weighted by atomic mass is 127. The molecule has 0 amide bonds. The van der Waals surface area contributed by atoms with Crippen molar-refractivity contribution in [1.82, 2.24) is 19.5 Å². The van der Waals surface area contributed by atoms with Gasteiger partial charge in [0.15, 0.2) is 5.82 Å². The molecule has 2 rings (SSSR count). The van der Waals surface area contributed by atoms with E-state index in [2.05, 4.69) is 37.5 Å². The molecule has 0 bridgehead atoms. The van der Waals surface area contributed by atoms with Gasteiger partial charge in [-0.15, -0.1) is 0 Å². The normalized spacial score (nSPS) is 10.5. The summed E-state index contributed by atoms with van der Waals surface area (Å²) < 4.78 is 2.99. The first-order valence-electron chi connectivity index (χ1n) is 4.16. The summed E-state index contributed by atoms with van der Waals surface area (Å²) in [6.45, 7) is 4.01. The van der Waals surface area contributed by atoms with Crippen LogP contribution < -0.4 is 0 Å². The SMILES string of the molecule is Cc1ncn(-c2ncncc2I)c1C. The molecule has 2 heterocycles. The number of hydrogen-bond acceptors (Lipinski definition) is 3. The maximum atomic E-state index is 4.23.